The predicted octanol–water partition coefficient (Wildman–Crippen LogP) is 0.410. The minimum atomic E-state index is -1.05. The smallest absolute Gasteiger partial charge is 0.339 e. The van der Waals surface area contributed by atoms with Crippen molar-refractivity contribution in [3.63, 3.8) is 0 Å². The van der Waals surface area contributed by atoms with Gasteiger partial charge in [0.1, 0.15) is 11.3 Å². The molecule has 0 atom stereocenters. The van der Waals surface area contributed by atoms with Crippen LogP contribution in [-0.2, 0) is 16.5 Å². The van der Waals surface area contributed by atoms with Crippen LogP contribution in [0.1, 0.15) is 22.3 Å². The maximum atomic E-state index is 10.8. The molecule has 1 aromatic rings. The lowest BCUT2D eigenvalue weighted by molar-refractivity contribution is -0.111. The van der Waals surface area contributed by atoms with Crippen molar-refractivity contribution in [1.82, 2.24) is 9.78 Å². The van der Waals surface area contributed by atoms with Gasteiger partial charge in [-0.1, -0.05) is 0 Å². The number of aryl methyl sites for hydroxylation is 1. The third-order valence-corrected chi connectivity index (χ3v) is 1.87. The van der Waals surface area contributed by atoms with Gasteiger partial charge in [0, 0.05) is 21.3 Å². The minimum Gasteiger partial charge on any atom is -0.478 e. The standard InChI is InChI=1S/C8H12N2O4/c1-10-6(8(13-2)14-3)5(4-9-10)7(11)12/h4,8H,1-3H3,(H,11,12). The summed E-state index contributed by atoms with van der Waals surface area (Å²) in [6.07, 6.45) is 0.552. The fraction of sp³-hybridized carbons (Fsp3) is 0.500. The van der Waals surface area contributed by atoms with E-state index in [-0.39, 0.29) is 5.56 Å². The van der Waals surface area contributed by atoms with Crippen LogP contribution in [0.4, 0.5) is 0 Å². The Morgan fingerprint density at radius 1 is 1.57 bits per heavy atom. The van der Waals surface area contributed by atoms with Crippen molar-refractivity contribution in [3.8, 4) is 0 Å². The molecular weight excluding hydrogens is 188 g/mol. The van der Waals surface area contributed by atoms with Gasteiger partial charge >= 0.3 is 5.97 Å². The van der Waals surface area contributed by atoms with Gasteiger partial charge in [-0.05, 0) is 0 Å². The third-order valence-electron chi connectivity index (χ3n) is 1.87. The molecule has 0 amide bonds. The molecule has 0 aliphatic rings. The van der Waals surface area contributed by atoms with Crippen molar-refractivity contribution in [2.24, 2.45) is 7.05 Å². The molecule has 0 aromatic carbocycles. The van der Waals surface area contributed by atoms with Crippen molar-refractivity contribution in [1.29, 1.82) is 0 Å². The summed E-state index contributed by atoms with van der Waals surface area (Å²) in [5.41, 5.74) is 0.476. The number of carboxylic acids is 1. The minimum absolute atomic E-state index is 0.0844. The van der Waals surface area contributed by atoms with Gasteiger partial charge in [-0.3, -0.25) is 4.68 Å². The Balaban J connectivity index is 3.15. The number of carbonyl (C=O) groups is 1. The molecular formula is C8H12N2O4. The Morgan fingerprint density at radius 3 is 2.57 bits per heavy atom. The number of methoxy groups -OCH3 is 2. The molecule has 0 saturated carbocycles. The summed E-state index contributed by atoms with van der Waals surface area (Å²) in [6.45, 7) is 0. The van der Waals surface area contributed by atoms with E-state index in [0.29, 0.717) is 5.69 Å². The van der Waals surface area contributed by atoms with Crippen LogP contribution in [0.3, 0.4) is 0 Å². The summed E-state index contributed by atoms with van der Waals surface area (Å²) in [4.78, 5) is 10.8. The highest BCUT2D eigenvalue weighted by molar-refractivity contribution is 5.88. The molecule has 6 nitrogen and oxygen atoms in total. The highest BCUT2D eigenvalue weighted by Crippen LogP contribution is 2.20. The molecule has 0 spiro atoms. The molecule has 1 heterocycles. The molecule has 0 aliphatic carbocycles. The first-order chi connectivity index (χ1) is 6.61. The van der Waals surface area contributed by atoms with Crippen LogP contribution in [0.25, 0.3) is 0 Å². The van der Waals surface area contributed by atoms with E-state index in [1.165, 1.54) is 25.1 Å². The second kappa shape index (κ2) is 4.21. The Bertz CT molecular complexity index is 330. The van der Waals surface area contributed by atoms with Gasteiger partial charge in [0.2, 0.25) is 6.29 Å². The van der Waals surface area contributed by atoms with Crippen LogP contribution in [-0.4, -0.2) is 35.1 Å². The van der Waals surface area contributed by atoms with E-state index in [2.05, 4.69) is 5.10 Å². The van der Waals surface area contributed by atoms with Crippen molar-refractivity contribution in [2.45, 2.75) is 6.29 Å². The quantitative estimate of drug-likeness (QED) is 0.712. The Labute approximate surface area is 81.0 Å². The second-order valence-electron chi connectivity index (χ2n) is 2.68. The highest BCUT2D eigenvalue weighted by atomic mass is 16.7. The van der Waals surface area contributed by atoms with E-state index >= 15 is 0 Å². The molecule has 0 aliphatic heterocycles. The topological polar surface area (TPSA) is 73.6 Å². The summed E-state index contributed by atoms with van der Waals surface area (Å²) in [6, 6.07) is 0. The average Bonchev–Trinajstić information content (AvgIpc) is 2.51. The van der Waals surface area contributed by atoms with Gasteiger partial charge in [0.15, 0.2) is 0 Å². The van der Waals surface area contributed by atoms with Gasteiger partial charge in [0.25, 0.3) is 0 Å². The van der Waals surface area contributed by atoms with E-state index < -0.39 is 12.3 Å². The summed E-state index contributed by atoms with van der Waals surface area (Å²) < 4.78 is 11.4. The third kappa shape index (κ3) is 1.75. The van der Waals surface area contributed by atoms with Crippen LogP contribution in [0, 0.1) is 0 Å². The lowest BCUT2D eigenvalue weighted by atomic mass is 10.2. The average molecular weight is 200 g/mol. The van der Waals surface area contributed by atoms with Crippen LogP contribution >= 0.6 is 0 Å². The van der Waals surface area contributed by atoms with Crippen LogP contribution < -0.4 is 0 Å². The molecule has 78 valence electrons. The summed E-state index contributed by atoms with van der Waals surface area (Å²) in [7, 11) is 4.51. The summed E-state index contributed by atoms with van der Waals surface area (Å²) in [5, 5.41) is 12.7. The Morgan fingerprint density at radius 2 is 2.14 bits per heavy atom. The molecule has 1 aromatic heterocycles. The SMILES string of the molecule is COC(OC)c1c(C(=O)O)cnn1C. The van der Waals surface area contributed by atoms with E-state index in [1.54, 1.807) is 7.05 Å². The van der Waals surface area contributed by atoms with Crippen molar-refractivity contribution in [2.75, 3.05) is 14.2 Å². The molecule has 6 heteroatoms. The van der Waals surface area contributed by atoms with Crippen LogP contribution in [0.15, 0.2) is 6.20 Å². The van der Waals surface area contributed by atoms with Crippen molar-refractivity contribution >= 4 is 5.97 Å². The molecule has 0 unspecified atom stereocenters. The first-order valence-corrected chi connectivity index (χ1v) is 3.92. The molecule has 14 heavy (non-hydrogen) atoms. The Kier molecular flexibility index (Phi) is 3.21. The molecule has 1 N–H and O–H groups in total. The van der Waals surface area contributed by atoms with Crippen LogP contribution in [0.2, 0.25) is 0 Å². The number of carboxylic acid groups (broad SMARTS) is 1. The molecule has 1 rings (SSSR count). The molecule has 0 fully saturated rings. The number of hydrogen-bond acceptors (Lipinski definition) is 4. The number of aromatic nitrogens is 2. The monoisotopic (exact) mass is 200 g/mol. The van der Waals surface area contributed by atoms with Crippen molar-refractivity contribution < 1.29 is 19.4 Å². The fourth-order valence-electron chi connectivity index (χ4n) is 1.21. The van der Waals surface area contributed by atoms with E-state index in [0.717, 1.165) is 0 Å². The van der Waals surface area contributed by atoms with Crippen LogP contribution in [0.5, 0.6) is 0 Å². The zero-order chi connectivity index (χ0) is 10.7. The predicted molar refractivity (Wildman–Crippen MR) is 46.9 cm³/mol. The molecule has 0 bridgehead atoms. The van der Waals surface area contributed by atoms with Gasteiger partial charge in [-0.25, -0.2) is 4.79 Å². The summed E-state index contributed by atoms with van der Waals surface area (Å²) >= 11 is 0. The normalized spacial score (nSPS) is 10.9. The lowest BCUT2D eigenvalue weighted by Crippen LogP contribution is -2.13. The first kappa shape index (κ1) is 10.7. The number of ether oxygens (including phenoxy) is 2. The molecule has 0 radical (unpaired) electrons. The highest BCUT2D eigenvalue weighted by Gasteiger charge is 2.22. The maximum Gasteiger partial charge on any atom is 0.339 e. The second-order valence-corrected chi connectivity index (χ2v) is 2.68. The van der Waals surface area contributed by atoms with Gasteiger partial charge < -0.3 is 14.6 Å². The van der Waals surface area contributed by atoms with Crippen molar-refractivity contribution in [3.05, 3.63) is 17.5 Å². The van der Waals surface area contributed by atoms with E-state index in [9.17, 15) is 4.79 Å². The first-order valence-electron chi connectivity index (χ1n) is 3.92. The lowest BCUT2D eigenvalue weighted by Gasteiger charge is -2.14. The molecule has 0 saturated heterocycles. The van der Waals surface area contributed by atoms with E-state index in [4.69, 9.17) is 14.6 Å². The zero-order valence-corrected chi connectivity index (χ0v) is 8.22. The van der Waals surface area contributed by atoms with E-state index in [1.807, 2.05) is 0 Å². The number of hydrogen-bond donors (Lipinski definition) is 1. The van der Waals surface area contributed by atoms with Gasteiger partial charge in [0.05, 0.1) is 6.20 Å². The fourth-order valence-corrected chi connectivity index (χ4v) is 1.21. The number of rotatable bonds is 4. The van der Waals surface area contributed by atoms with Gasteiger partial charge in [-0.15, -0.1) is 0 Å². The number of nitrogens with zero attached hydrogens (tertiary/aromatic N) is 2. The largest absolute Gasteiger partial charge is 0.478 e. The Hall–Kier alpha value is -1.40. The van der Waals surface area contributed by atoms with Gasteiger partial charge in [-0.2, -0.15) is 5.10 Å². The summed E-state index contributed by atoms with van der Waals surface area (Å²) in [5.74, 6) is -1.05. The maximum absolute atomic E-state index is 10.8. The number of aromatic carboxylic acids is 1. The zero-order valence-electron chi connectivity index (χ0n) is 8.22.